The van der Waals surface area contributed by atoms with Crippen molar-refractivity contribution in [3.05, 3.63) is 34.9 Å². The van der Waals surface area contributed by atoms with Crippen LogP contribution in [0.4, 0.5) is 13.2 Å². The Morgan fingerprint density at radius 2 is 2.00 bits per heavy atom. The van der Waals surface area contributed by atoms with Gasteiger partial charge in [0.2, 0.25) is 5.91 Å². The van der Waals surface area contributed by atoms with Gasteiger partial charge in [0.05, 0.1) is 0 Å². The summed E-state index contributed by atoms with van der Waals surface area (Å²) < 4.78 is 42.4. The number of esters is 1. The van der Waals surface area contributed by atoms with Crippen LogP contribution in [0.25, 0.3) is 0 Å². The van der Waals surface area contributed by atoms with Gasteiger partial charge in [-0.25, -0.2) is 4.79 Å². The first-order valence-electron chi connectivity index (χ1n) is 8.36. The Kier molecular flexibility index (Phi) is 5.11. The van der Waals surface area contributed by atoms with Gasteiger partial charge in [0.15, 0.2) is 0 Å². The monoisotopic (exact) mass is 399 g/mol. The highest BCUT2D eigenvalue weighted by atomic mass is 19.4. The second-order valence-electron chi connectivity index (χ2n) is 6.42. The van der Waals surface area contributed by atoms with Gasteiger partial charge in [0.1, 0.15) is 12.1 Å². The van der Waals surface area contributed by atoms with Crippen molar-refractivity contribution in [2.24, 2.45) is 5.73 Å². The molecule has 2 atom stereocenters. The predicted octanol–water partition coefficient (Wildman–Crippen LogP) is 0.380. The van der Waals surface area contributed by atoms with Gasteiger partial charge < -0.3 is 15.4 Å². The maximum absolute atomic E-state index is 12.8. The van der Waals surface area contributed by atoms with E-state index in [4.69, 9.17) is 5.73 Å². The summed E-state index contributed by atoms with van der Waals surface area (Å²) in [5.74, 6) is -4.84. The smallest absolute Gasteiger partial charge is 0.453 e. The Balaban J connectivity index is 1.95. The summed E-state index contributed by atoms with van der Waals surface area (Å²) in [5.41, 5.74) is 7.09. The van der Waals surface area contributed by atoms with E-state index >= 15 is 0 Å². The number of carbonyl (C=O) groups excluding carboxylic acids is 4. The minimum atomic E-state index is -5.28. The van der Waals surface area contributed by atoms with E-state index in [0.29, 0.717) is 11.1 Å². The normalized spacial score (nSPS) is 22.6. The van der Waals surface area contributed by atoms with E-state index in [1.807, 2.05) is 5.32 Å². The lowest BCUT2D eigenvalue weighted by atomic mass is 10.0. The Labute approximate surface area is 156 Å². The summed E-state index contributed by atoms with van der Waals surface area (Å²) in [6.07, 6.45) is -7.57. The maximum atomic E-state index is 12.8. The lowest BCUT2D eigenvalue weighted by molar-refractivity contribution is -0.207. The number of ether oxygens (including phenoxy) is 1. The molecule has 1 aromatic carbocycles. The van der Waals surface area contributed by atoms with Crippen molar-refractivity contribution in [3.63, 3.8) is 0 Å². The molecule has 0 bridgehead atoms. The van der Waals surface area contributed by atoms with Gasteiger partial charge >= 0.3 is 12.1 Å². The zero-order valence-corrected chi connectivity index (χ0v) is 14.4. The van der Waals surface area contributed by atoms with Crippen LogP contribution in [0.1, 0.15) is 34.3 Å². The van der Waals surface area contributed by atoms with Crippen LogP contribution in [-0.4, -0.2) is 46.9 Å². The molecule has 0 saturated carbocycles. The molecule has 3 amide bonds. The summed E-state index contributed by atoms with van der Waals surface area (Å²) in [7, 11) is 0. The quantitative estimate of drug-likeness (QED) is 0.560. The maximum Gasteiger partial charge on any atom is 0.490 e. The fraction of sp³-hybridized carbons (Fsp3) is 0.412. The van der Waals surface area contributed by atoms with Crippen molar-refractivity contribution in [1.29, 1.82) is 0 Å². The van der Waals surface area contributed by atoms with Crippen molar-refractivity contribution in [3.8, 4) is 0 Å². The van der Waals surface area contributed by atoms with Crippen LogP contribution < -0.4 is 11.1 Å². The average molecular weight is 399 g/mol. The third-order valence-corrected chi connectivity index (χ3v) is 4.68. The number of benzene rings is 1. The van der Waals surface area contributed by atoms with Gasteiger partial charge in [0, 0.05) is 25.1 Å². The number of rotatable bonds is 3. The van der Waals surface area contributed by atoms with Crippen LogP contribution >= 0.6 is 0 Å². The van der Waals surface area contributed by atoms with Crippen molar-refractivity contribution in [1.82, 2.24) is 10.2 Å². The number of imide groups is 1. The summed E-state index contributed by atoms with van der Waals surface area (Å²) >= 11 is 0. The number of hydrogen-bond acceptors (Lipinski definition) is 6. The van der Waals surface area contributed by atoms with Crippen molar-refractivity contribution < 1.29 is 37.1 Å². The Morgan fingerprint density at radius 1 is 1.29 bits per heavy atom. The van der Waals surface area contributed by atoms with Crippen LogP contribution in [0.15, 0.2) is 18.2 Å². The van der Waals surface area contributed by atoms with Gasteiger partial charge in [-0.05, 0) is 23.6 Å². The van der Waals surface area contributed by atoms with Crippen molar-refractivity contribution in [2.45, 2.75) is 44.3 Å². The van der Waals surface area contributed by atoms with E-state index in [-0.39, 0.29) is 31.5 Å². The van der Waals surface area contributed by atoms with Crippen LogP contribution in [0.3, 0.4) is 0 Å². The molecule has 2 aliphatic heterocycles. The molecule has 1 fully saturated rings. The molecule has 1 unspecified atom stereocenters. The Bertz CT molecular complexity index is 855. The van der Waals surface area contributed by atoms with E-state index in [9.17, 15) is 32.3 Å². The predicted molar refractivity (Wildman–Crippen MR) is 86.3 cm³/mol. The highest BCUT2D eigenvalue weighted by Crippen LogP contribution is 2.31. The molecule has 0 radical (unpaired) electrons. The first-order chi connectivity index (χ1) is 13.1. The van der Waals surface area contributed by atoms with Gasteiger partial charge in [-0.3, -0.25) is 19.7 Å². The second-order valence-corrected chi connectivity index (χ2v) is 6.42. The summed E-state index contributed by atoms with van der Waals surface area (Å²) in [5, 5.41) is 2.02. The number of halogens is 3. The van der Waals surface area contributed by atoms with Gasteiger partial charge in [0.25, 0.3) is 11.8 Å². The third-order valence-electron chi connectivity index (χ3n) is 4.68. The van der Waals surface area contributed by atoms with E-state index in [2.05, 4.69) is 4.74 Å². The molecule has 8 nitrogen and oxygen atoms in total. The van der Waals surface area contributed by atoms with Gasteiger partial charge in [-0.2, -0.15) is 13.2 Å². The minimum Gasteiger partial charge on any atom is -0.453 e. The molecule has 1 aromatic rings. The lowest BCUT2D eigenvalue weighted by Gasteiger charge is -2.31. The van der Waals surface area contributed by atoms with Gasteiger partial charge in [-0.15, -0.1) is 0 Å². The molecule has 2 aliphatic rings. The molecule has 3 N–H and O–H groups in total. The average Bonchev–Trinajstić information content (AvgIpc) is 2.88. The highest BCUT2D eigenvalue weighted by Gasteiger charge is 2.48. The number of hydrogen-bond donors (Lipinski definition) is 2. The van der Waals surface area contributed by atoms with Crippen LogP contribution in [0.2, 0.25) is 0 Å². The highest BCUT2D eigenvalue weighted by molar-refractivity contribution is 6.05. The summed E-state index contributed by atoms with van der Waals surface area (Å²) in [6.45, 7) is 0.0139. The Hall–Kier alpha value is -2.95. The zero-order chi connectivity index (χ0) is 20.6. The SMILES string of the molecule is NCc1cccc2c1CN([C@@H]1C(=O)NC(=O)CCC1OC(=O)C(F)(F)F)C2=O. The molecular weight excluding hydrogens is 383 g/mol. The second kappa shape index (κ2) is 7.23. The molecule has 3 rings (SSSR count). The molecule has 2 heterocycles. The van der Waals surface area contributed by atoms with E-state index in [1.54, 1.807) is 12.1 Å². The van der Waals surface area contributed by atoms with E-state index < -0.39 is 42.0 Å². The number of nitrogens with two attached hydrogens (primary N) is 1. The topological polar surface area (TPSA) is 119 Å². The first kappa shape index (κ1) is 19.8. The summed E-state index contributed by atoms with van der Waals surface area (Å²) in [6, 6.07) is 3.21. The molecule has 150 valence electrons. The van der Waals surface area contributed by atoms with E-state index in [1.165, 1.54) is 6.07 Å². The lowest BCUT2D eigenvalue weighted by Crippen LogP contribution is -2.54. The Morgan fingerprint density at radius 3 is 2.64 bits per heavy atom. The minimum absolute atomic E-state index is 0.103. The van der Waals surface area contributed by atoms with Gasteiger partial charge in [-0.1, -0.05) is 12.1 Å². The van der Waals surface area contributed by atoms with Crippen molar-refractivity contribution >= 4 is 23.7 Å². The van der Waals surface area contributed by atoms with Crippen LogP contribution in [0.5, 0.6) is 0 Å². The molecular formula is C17H16F3N3O5. The number of amides is 3. The van der Waals surface area contributed by atoms with Crippen molar-refractivity contribution in [2.75, 3.05) is 0 Å². The molecule has 28 heavy (non-hydrogen) atoms. The molecule has 1 saturated heterocycles. The number of nitrogens with zero attached hydrogens (tertiary/aromatic N) is 1. The number of carbonyl (C=O) groups is 4. The molecule has 0 spiro atoms. The largest absolute Gasteiger partial charge is 0.490 e. The first-order valence-corrected chi connectivity index (χ1v) is 8.36. The number of nitrogens with one attached hydrogen (secondary N) is 1. The number of fused-ring (bicyclic) bond motifs is 1. The van der Waals surface area contributed by atoms with Crippen LogP contribution in [0, 0.1) is 0 Å². The molecule has 0 aromatic heterocycles. The van der Waals surface area contributed by atoms with Crippen LogP contribution in [-0.2, 0) is 32.2 Å². The fourth-order valence-electron chi connectivity index (χ4n) is 3.38. The number of alkyl halides is 3. The molecule has 11 heteroatoms. The summed E-state index contributed by atoms with van der Waals surface area (Å²) in [4.78, 5) is 49.3. The van der Waals surface area contributed by atoms with E-state index in [0.717, 1.165) is 4.90 Å². The molecule has 0 aliphatic carbocycles. The third kappa shape index (κ3) is 3.57. The standard InChI is InChI=1S/C17H16F3N3O5/c18-17(19,20)16(27)28-11-4-5-12(24)22-14(25)13(11)23-7-10-8(6-21)2-1-3-9(10)15(23)26/h1-3,11,13H,4-7,21H2,(H,22,24,25)/t11?,13-/m0/s1. The fourth-order valence-corrected chi connectivity index (χ4v) is 3.38. The zero-order valence-electron chi connectivity index (χ0n) is 14.4.